The van der Waals surface area contributed by atoms with Gasteiger partial charge in [0.1, 0.15) is 12.1 Å². The predicted molar refractivity (Wildman–Crippen MR) is 89.4 cm³/mol. The number of amides is 1. The average molecular weight is 311 g/mol. The quantitative estimate of drug-likeness (QED) is 0.769. The lowest BCUT2D eigenvalue weighted by Crippen LogP contribution is -2.30. The van der Waals surface area contributed by atoms with Crippen molar-refractivity contribution in [1.82, 2.24) is 14.9 Å². The summed E-state index contributed by atoms with van der Waals surface area (Å²) in [6, 6.07) is 7.11. The van der Waals surface area contributed by atoms with Gasteiger partial charge in [-0.05, 0) is 43.2 Å². The number of carbonyl (C=O) groups is 1. The summed E-state index contributed by atoms with van der Waals surface area (Å²) in [5, 5.41) is 0. The summed E-state index contributed by atoms with van der Waals surface area (Å²) in [6.07, 6.45) is 5.60. The zero-order valence-electron chi connectivity index (χ0n) is 13.7. The van der Waals surface area contributed by atoms with E-state index in [0.717, 1.165) is 17.0 Å². The smallest absolute Gasteiger partial charge is 0.254 e. The molecule has 0 spiro atoms. The highest BCUT2D eigenvalue weighted by atomic mass is 16.5. The minimum absolute atomic E-state index is 0.0657. The number of carbonyl (C=O) groups excluding carboxylic acids is 1. The highest BCUT2D eigenvalue weighted by Crippen LogP contribution is 2.23. The Morgan fingerprint density at radius 3 is 2.83 bits per heavy atom. The lowest BCUT2D eigenvalue weighted by molar-refractivity contribution is 0.0739. The number of aromatic nitrogens is 2. The van der Waals surface area contributed by atoms with E-state index in [1.54, 1.807) is 37.4 Å². The van der Waals surface area contributed by atoms with Crippen molar-refractivity contribution in [2.45, 2.75) is 19.4 Å². The van der Waals surface area contributed by atoms with Crippen LogP contribution in [0.5, 0.6) is 5.75 Å². The number of rotatable bonds is 6. The number of benzene rings is 1. The molecule has 0 saturated carbocycles. The van der Waals surface area contributed by atoms with Crippen LogP contribution in [0.1, 0.15) is 34.6 Å². The molecule has 1 amide bonds. The van der Waals surface area contributed by atoms with Crippen molar-refractivity contribution < 1.29 is 9.53 Å². The average Bonchev–Trinajstić information content (AvgIpc) is 2.60. The summed E-state index contributed by atoms with van der Waals surface area (Å²) in [6.45, 7) is 5.68. The van der Waals surface area contributed by atoms with Crippen molar-refractivity contribution in [1.29, 1.82) is 0 Å². The summed E-state index contributed by atoms with van der Waals surface area (Å²) < 4.78 is 5.32. The van der Waals surface area contributed by atoms with Gasteiger partial charge in [0, 0.05) is 18.8 Å². The van der Waals surface area contributed by atoms with Gasteiger partial charge in [-0.3, -0.25) is 4.79 Å². The van der Waals surface area contributed by atoms with Gasteiger partial charge < -0.3 is 9.64 Å². The Bertz CT molecular complexity index is 686. The third-order valence-electron chi connectivity index (χ3n) is 3.83. The highest BCUT2D eigenvalue weighted by molar-refractivity contribution is 5.94. The standard InChI is InChI=1S/C18H21N3O2/c1-5-6-14-11-15(7-8-17(14)23-4)18(22)21(3)13(2)16-9-10-19-12-20-16/h5,7-13H,1,6H2,2-4H3. The maximum absolute atomic E-state index is 12.7. The molecule has 1 unspecified atom stereocenters. The Balaban J connectivity index is 2.25. The first-order chi connectivity index (χ1) is 11.1. The van der Waals surface area contributed by atoms with Crippen molar-refractivity contribution in [3.05, 3.63) is 66.3 Å². The molecule has 1 aromatic carbocycles. The fraction of sp³-hybridized carbons (Fsp3) is 0.278. The number of hydrogen-bond donors (Lipinski definition) is 0. The van der Waals surface area contributed by atoms with E-state index in [0.29, 0.717) is 12.0 Å². The van der Waals surface area contributed by atoms with Crippen LogP contribution in [-0.2, 0) is 6.42 Å². The number of hydrogen-bond acceptors (Lipinski definition) is 4. The van der Waals surface area contributed by atoms with Crippen molar-refractivity contribution in [2.75, 3.05) is 14.2 Å². The lowest BCUT2D eigenvalue weighted by Gasteiger charge is -2.24. The van der Waals surface area contributed by atoms with Gasteiger partial charge in [0.15, 0.2) is 0 Å². The Morgan fingerprint density at radius 1 is 1.43 bits per heavy atom. The Kier molecular flexibility index (Phi) is 5.46. The van der Waals surface area contributed by atoms with Gasteiger partial charge in [0.25, 0.3) is 5.91 Å². The zero-order valence-corrected chi connectivity index (χ0v) is 13.7. The Labute approximate surface area is 136 Å². The first kappa shape index (κ1) is 16.7. The summed E-state index contributed by atoms with van der Waals surface area (Å²) >= 11 is 0. The summed E-state index contributed by atoms with van der Waals surface area (Å²) in [5.41, 5.74) is 2.36. The van der Waals surface area contributed by atoms with Crippen LogP contribution in [0.15, 0.2) is 49.4 Å². The molecule has 0 radical (unpaired) electrons. The molecule has 5 heteroatoms. The van der Waals surface area contributed by atoms with E-state index < -0.39 is 0 Å². The zero-order chi connectivity index (χ0) is 16.8. The van der Waals surface area contributed by atoms with Crippen LogP contribution < -0.4 is 4.74 Å². The Morgan fingerprint density at radius 2 is 2.22 bits per heavy atom. The summed E-state index contributed by atoms with van der Waals surface area (Å²) in [7, 11) is 3.39. The molecular weight excluding hydrogens is 290 g/mol. The predicted octanol–water partition coefficient (Wildman–Crippen LogP) is 3.05. The summed E-state index contributed by atoms with van der Waals surface area (Å²) in [4.78, 5) is 22.5. The first-order valence-electron chi connectivity index (χ1n) is 7.39. The molecule has 2 aromatic rings. The first-order valence-corrected chi connectivity index (χ1v) is 7.39. The second-order valence-electron chi connectivity index (χ2n) is 5.25. The van der Waals surface area contributed by atoms with E-state index >= 15 is 0 Å². The van der Waals surface area contributed by atoms with Gasteiger partial charge in [-0.15, -0.1) is 6.58 Å². The number of allylic oxidation sites excluding steroid dienone is 1. The molecule has 120 valence electrons. The molecular formula is C18H21N3O2. The number of ether oxygens (including phenoxy) is 1. The van der Waals surface area contributed by atoms with Crippen LogP contribution >= 0.6 is 0 Å². The van der Waals surface area contributed by atoms with E-state index in [4.69, 9.17) is 4.74 Å². The van der Waals surface area contributed by atoms with Crippen LogP contribution in [0.3, 0.4) is 0 Å². The number of nitrogens with zero attached hydrogens (tertiary/aromatic N) is 3. The molecule has 0 N–H and O–H groups in total. The van der Waals surface area contributed by atoms with Crippen LogP contribution in [0, 0.1) is 0 Å². The molecule has 23 heavy (non-hydrogen) atoms. The molecule has 5 nitrogen and oxygen atoms in total. The van der Waals surface area contributed by atoms with Crippen LogP contribution in [0.25, 0.3) is 0 Å². The van der Waals surface area contributed by atoms with Gasteiger partial charge in [-0.1, -0.05) is 6.08 Å². The SMILES string of the molecule is C=CCc1cc(C(=O)N(C)C(C)c2ccncn2)ccc1OC. The largest absolute Gasteiger partial charge is 0.496 e. The molecule has 0 bridgehead atoms. The molecule has 0 fully saturated rings. The minimum atomic E-state index is -0.143. The maximum Gasteiger partial charge on any atom is 0.254 e. The molecule has 1 atom stereocenters. The summed E-state index contributed by atoms with van der Waals surface area (Å²) in [5.74, 6) is 0.692. The van der Waals surface area contributed by atoms with Crippen molar-refractivity contribution in [3.8, 4) is 5.75 Å². The lowest BCUT2D eigenvalue weighted by atomic mass is 10.0. The minimum Gasteiger partial charge on any atom is -0.496 e. The van der Waals surface area contributed by atoms with E-state index in [2.05, 4.69) is 16.5 Å². The van der Waals surface area contributed by atoms with Gasteiger partial charge in [-0.2, -0.15) is 0 Å². The Hall–Kier alpha value is -2.69. The number of methoxy groups -OCH3 is 1. The molecule has 1 heterocycles. The van der Waals surface area contributed by atoms with E-state index in [9.17, 15) is 4.79 Å². The maximum atomic E-state index is 12.7. The van der Waals surface area contributed by atoms with E-state index in [1.807, 2.05) is 25.1 Å². The molecule has 2 rings (SSSR count). The van der Waals surface area contributed by atoms with Gasteiger partial charge in [-0.25, -0.2) is 9.97 Å². The van der Waals surface area contributed by atoms with Crippen LogP contribution in [-0.4, -0.2) is 34.9 Å². The van der Waals surface area contributed by atoms with Crippen LogP contribution in [0.2, 0.25) is 0 Å². The van der Waals surface area contributed by atoms with E-state index in [1.165, 1.54) is 6.33 Å². The highest BCUT2D eigenvalue weighted by Gasteiger charge is 2.20. The van der Waals surface area contributed by atoms with Crippen molar-refractivity contribution in [2.24, 2.45) is 0 Å². The fourth-order valence-corrected chi connectivity index (χ4v) is 2.35. The molecule has 0 aliphatic rings. The molecule has 0 saturated heterocycles. The fourth-order valence-electron chi connectivity index (χ4n) is 2.35. The van der Waals surface area contributed by atoms with Crippen molar-refractivity contribution in [3.63, 3.8) is 0 Å². The van der Waals surface area contributed by atoms with Gasteiger partial charge in [0.2, 0.25) is 0 Å². The topological polar surface area (TPSA) is 55.3 Å². The van der Waals surface area contributed by atoms with Crippen LogP contribution in [0.4, 0.5) is 0 Å². The molecule has 1 aromatic heterocycles. The van der Waals surface area contributed by atoms with Gasteiger partial charge in [0.05, 0.1) is 18.8 Å². The third kappa shape index (κ3) is 3.74. The second-order valence-corrected chi connectivity index (χ2v) is 5.25. The normalized spacial score (nSPS) is 11.6. The molecule has 0 aliphatic heterocycles. The monoisotopic (exact) mass is 311 g/mol. The third-order valence-corrected chi connectivity index (χ3v) is 3.83. The van der Waals surface area contributed by atoms with Crippen molar-refractivity contribution >= 4 is 5.91 Å². The van der Waals surface area contributed by atoms with E-state index in [-0.39, 0.29) is 11.9 Å². The molecule has 0 aliphatic carbocycles. The second kappa shape index (κ2) is 7.54. The van der Waals surface area contributed by atoms with Gasteiger partial charge >= 0.3 is 0 Å².